The molecule has 0 spiro atoms. The molecule has 1 heterocycles. The Morgan fingerprint density at radius 1 is 1.00 bits per heavy atom. The van der Waals surface area contributed by atoms with Crippen LogP contribution in [0.3, 0.4) is 0 Å². The molecule has 0 saturated heterocycles. The lowest BCUT2D eigenvalue weighted by molar-refractivity contribution is -0.137. The molecule has 29 heavy (non-hydrogen) atoms. The van der Waals surface area contributed by atoms with Gasteiger partial charge in [-0.15, -0.1) is 0 Å². The third-order valence-corrected chi connectivity index (χ3v) is 4.15. The van der Waals surface area contributed by atoms with Gasteiger partial charge in [-0.1, -0.05) is 30.3 Å². The van der Waals surface area contributed by atoms with Crippen molar-refractivity contribution < 1.29 is 28.2 Å². The highest BCUT2D eigenvalue weighted by Crippen LogP contribution is 2.24. The Labute approximate surface area is 177 Å². The monoisotopic (exact) mass is 460 g/mol. The number of furan rings is 1. The summed E-state index contributed by atoms with van der Waals surface area (Å²) in [5.74, 6) is -0.0972. The minimum absolute atomic E-state index is 0.336. The largest absolute Gasteiger partial charge is 0.464 e. The first kappa shape index (κ1) is 22.2. The lowest BCUT2D eigenvalue weighted by Gasteiger charge is -2.01. The molecular weight excluding hydrogens is 440 g/mol. The molecule has 1 aromatic heterocycles. The van der Waals surface area contributed by atoms with E-state index in [-0.39, 0.29) is 5.97 Å². The van der Waals surface area contributed by atoms with Gasteiger partial charge in [0.1, 0.15) is 23.2 Å². The highest BCUT2D eigenvalue weighted by molar-refractivity contribution is 9.10. The number of benzene rings is 2. The van der Waals surface area contributed by atoms with E-state index < -0.39 is 5.97 Å². The molecule has 3 rings (SSSR count). The Hall–Kier alpha value is -3.06. The number of hydrogen-bond donors (Lipinski definition) is 0. The molecule has 0 unspecified atom stereocenters. The van der Waals surface area contributed by atoms with Gasteiger partial charge in [-0.3, -0.25) is 0 Å². The van der Waals surface area contributed by atoms with Crippen molar-refractivity contribution >= 4 is 38.8 Å². The standard InChI is InChI=1S/C11H11BrO3.C11H10O3/c1-2-14-11(13)7-8-15-10-6-4-3-5-9(10)12;1-2-13-11(12)9-7-14-10-6-4-3-5-8(9)10/h3-8H,2H2,1H3;3-7H,2H2,1H3/b8-7+;. The van der Waals surface area contributed by atoms with E-state index in [1.54, 1.807) is 19.9 Å². The van der Waals surface area contributed by atoms with Crippen LogP contribution in [0, 0.1) is 0 Å². The molecule has 0 fully saturated rings. The number of hydrogen-bond acceptors (Lipinski definition) is 6. The van der Waals surface area contributed by atoms with Crippen LogP contribution in [0.15, 0.2) is 76.0 Å². The molecule has 0 aliphatic carbocycles. The number of carbonyl (C=O) groups excluding carboxylic acids is 2. The Morgan fingerprint density at radius 2 is 1.69 bits per heavy atom. The lowest BCUT2D eigenvalue weighted by Crippen LogP contribution is -2.03. The summed E-state index contributed by atoms with van der Waals surface area (Å²) in [5, 5.41) is 0.797. The van der Waals surface area contributed by atoms with Gasteiger partial charge < -0.3 is 18.6 Å². The van der Waals surface area contributed by atoms with Gasteiger partial charge in [0.2, 0.25) is 0 Å². The van der Waals surface area contributed by atoms with Crippen molar-refractivity contribution in [3.05, 3.63) is 77.2 Å². The van der Waals surface area contributed by atoms with Gasteiger partial charge in [0.25, 0.3) is 0 Å². The van der Waals surface area contributed by atoms with E-state index in [4.69, 9.17) is 18.6 Å². The van der Waals surface area contributed by atoms with Crippen molar-refractivity contribution in [3.8, 4) is 5.75 Å². The quantitative estimate of drug-likeness (QED) is 0.274. The van der Waals surface area contributed by atoms with E-state index in [9.17, 15) is 9.59 Å². The van der Waals surface area contributed by atoms with Crippen LogP contribution in [-0.4, -0.2) is 25.2 Å². The van der Waals surface area contributed by atoms with Gasteiger partial charge in [-0.05, 0) is 48.0 Å². The van der Waals surface area contributed by atoms with E-state index in [0.29, 0.717) is 30.1 Å². The minimum Gasteiger partial charge on any atom is -0.464 e. The molecule has 0 saturated carbocycles. The second-order valence-electron chi connectivity index (χ2n) is 5.47. The molecule has 0 aliphatic heterocycles. The van der Waals surface area contributed by atoms with Crippen LogP contribution in [0.1, 0.15) is 24.2 Å². The number of carbonyl (C=O) groups is 2. The van der Waals surface area contributed by atoms with Crippen LogP contribution in [0.5, 0.6) is 5.75 Å². The molecule has 0 radical (unpaired) electrons. The van der Waals surface area contributed by atoms with Crippen LogP contribution < -0.4 is 4.74 Å². The molecular formula is C22H21BrO6. The molecule has 6 nitrogen and oxygen atoms in total. The summed E-state index contributed by atoms with van der Waals surface area (Å²) in [6.45, 7) is 4.26. The number of ether oxygens (including phenoxy) is 3. The first-order chi connectivity index (χ1) is 14.1. The molecule has 0 amide bonds. The Balaban J connectivity index is 0.000000207. The number of fused-ring (bicyclic) bond motifs is 1. The van der Waals surface area contributed by atoms with E-state index in [1.165, 1.54) is 18.6 Å². The first-order valence-electron chi connectivity index (χ1n) is 8.94. The van der Waals surface area contributed by atoms with Gasteiger partial charge in [-0.2, -0.15) is 0 Å². The van der Waals surface area contributed by atoms with Crippen molar-refractivity contribution in [2.45, 2.75) is 13.8 Å². The summed E-state index contributed by atoms with van der Waals surface area (Å²) in [6.07, 6.45) is 3.98. The average Bonchev–Trinajstić information content (AvgIpc) is 3.15. The summed E-state index contributed by atoms with van der Waals surface area (Å²) in [6, 6.07) is 14.8. The van der Waals surface area contributed by atoms with Crippen LogP contribution in [0.2, 0.25) is 0 Å². The maximum atomic E-state index is 11.4. The van der Waals surface area contributed by atoms with E-state index in [1.807, 2.05) is 42.5 Å². The second kappa shape index (κ2) is 11.7. The van der Waals surface area contributed by atoms with Crippen molar-refractivity contribution in [2.75, 3.05) is 13.2 Å². The van der Waals surface area contributed by atoms with Crippen LogP contribution in [-0.2, 0) is 14.3 Å². The zero-order valence-corrected chi connectivity index (χ0v) is 17.7. The van der Waals surface area contributed by atoms with Gasteiger partial charge in [0.15, 0.2) is 0 Å². The molecule has 0 N–H and O–H groups in total. The molecule has 2 aromatic carbocycles. The van der Waals surface area contributed by atoms with E-state index in [2.05, 4.69) is 15.9 Å². The van der Waals surface area contributed by atoms with Crippen molar-refractivity contribution in [1.29, 1.82) is 0 Å². The zero-order valence-electron chi connectivity index (χ0n) is 16.1. The Morgan fingerprint density at radius 3 is 2.41 bits per heavy atom. The van der Waals surface area contributed by atoms with E-state index >= 15 is 0 Å². The maximum Gasteiger partial charge on any atom is 0.342 e. The average molecular weight is 461 g/mol. The van der Waals surface area contributed by atoms with Crippen LogP contribution >= 0.6 is 15.9 Å². The second-order valence-corrected chi connectivity index (χ2v) is 6.32. The van der Waals surface area contributed by atoms with Gasteiger partial charge in [0, 0.05) is 5.39 Å². The normalized spacial score (nSPS) is 10.3. The van der Waals surface area contributed by atoms with Crippen molar-refractivity contribution in [3.63, 3.8) is 0 Å². The van der Waals surface area contributed by atoms with Gasteiger partial charge in [-0.25, -0.2) is 9.59 Å². The van der Waals surface area contributed by atoms with E-state index in [0.717, 1.165) is 9.86 Å². The maximum absolute atomic E-state index is 11.4. The summed E-state index contributed by atoms with van der Waals surface area (Å²) >= 11 is 3.32. The molecule has 0 aliphatic rings. The van der Waals surface area contributed by atoms with Crippen LogP contribution in [0.25, 0.3) is 11.0 Å². The lowest BCUT2D eigenvalue weighted by atomic mass is 10.2. The molecule has 0 atom stereocenters. The summed E-state index contributed by atoms with van der Waals surface area (Å²) in [4.78, 5) is 22.4. The number of rotatable bonds is 6. The molecule has 3 aromatic rings. The summed E-state index contributed by atoms with van der Waals surface area (Å²) in [5.41, 5.74) is 1.19. The zero-order chi connectivity index (χ0) is 21.1. The van der Waals surface area contributed by atoms with Gasteiger partial charge in [0.05, 0.1) is 30.0 Å². The highest BCUT2D eigenvalue weighted by Gasteiger charge is 2.13. The number of esters is 2. The predicted octanol–water partition coefficient (Wildman–Crippen LogP) is 5.51. The van der Waals surface area contributed by atoms with Gasteiger partial charge >= 0.3 is 11.9 Å². The predicted molar refractivity (Wildman–Crippen MR) is 113 cm³/mol. The fourth-order valence-corrected chi connectivity index (χ4v) is 2.62. The molecule has 0 bridgehead atoms. The Kier molecular flexibility index (Phi) is 8.98. The SMILES string of the molecule is CCOC(=O)/C=C/Oc1ccccc1Br.CCOC(=O)c1coc2ccccc12. The topological polar surface area (TPSA) is 75.0 Å². The van der Waals surface area contributed by atoms with Crippen molar-refractivity contribution in [2.24, 2.45) is 0 Å². The Bertz CT molecular complexity index is 976. The minimum atomic E-state index is -0.412. The van der Waals surface area contributed by atoms with Crippen molar-refractivity contribution in [1.82, 2.24) is 0 Å². The third kappa shape index (κ3) is 6.80. The highest BCUT2D eigenvalue weighted by atomic mass is 79.9. The first-order valence-corrected chi connectivity index (χ1v) is 9.74. The summed E-state index contributed by atoms with van der Waals surface area (Å²) in [7, 11) is 0. The fourth-order valence-electron chi connectivity index (χ4n) is 2.24. The fraction of sp³-hybridized carbons (Fsp3) is 0.182. The third-order valence-electron chi connectivity index (χ3n) is 3.50. The number of halogens is 1. The molecule has 7 heteroatoms. The molecule has 152 valence electrons. The summed E-state index contributed by atoms with van der Waals surface area (Å²) < 4.78 is 20.9. The number of para-hydroxylation sites is 2. The van der Waals surface area contributed by atoms with Crippen LogP contribution in [0.4, 0.5) is 0 Å². The smallest absolute Gasteiger partial charge is 0.342 e.